The highest BCUT2D eigenvalue weighted by Crippen LogP contribution is 2.58. The van der Waals surface area contributed by atoms with Crippen molar-refractivity contribution in [2.75, 3.05) is 6.61 Å². The first kappa shape index (κ1) is 14.5. The van der Waals surface area contributed by atoms with Crippen LogP contribution in [0.2, 0.25) is 0 Å². The number of aliphatic hydroxyl groups is 6. The van der Waals surface area contributed by atoms with Crippen LogP contribution in [0.15, 0.2) is 4.99 Å². The van der Waals surface area contributed by atoms with E-state index in [9.17, 15) is 30.6 Å². The lowest BCUT2D eigenvalue weighted by Gasteiger charge is -2.71. The maximum Gasteiger partial charge on any atom is 0.311 e. The van der Waals surface area contributed by atoms with Crippen LogP contribution < -0.4 is 11.1 Å². The van der Waals surface area contributed by atoms with E-state index in [4.69, 9.17) is 15.2 Å². The van der Waals surface area contributed by atoms with E-state index in [0.29, 0.717) is 0 Å². The molecule has 0 radical (unpaired) electrons. The number of guanidine groups is 1. The molecule has 4 heterocycles. The second kappa shape index (κ2) is 3.88. The summed E-state index contributed by atoms with van der Waals surface area (Å²) in [5.74, 6) is -3.95. The van der Waals surface area contributed by atoms with Crippen molar-refractivity contribution < 1.29 is 40.1 Å². The van der Waals surface area contributed by atoms with Gasteiger partial charge in [0.2, 0.25) is 0 Å². The summed E-state index contributed by atoms with van der Waals surface area (Å²) >= 11 is 0. The monoisotopic (exact) mass is 319 g/mol. The Morgan fingerprint density at radius 2 is 1.82 bits per heavy atom. The van der Waals surface area contributed by atoms with Gasteiger partial charge in [0.1, 0.15) is 29.5 Å². The maximum atomic E-state index is 10.6. The van der Waals surface area contributed by atoms with Crippen LogP contribution in [0.1, 0.15) is 0 Å². The van der Waals surface area contributed by atoms with Gasteiger partial charge in [-0.25, -0.2) is 4.99 Å². The van der Waals surface area contributed by atoms with Crippen molar-refractivity contribution in [3.8, 4) is 0 Å². The van der Waals surface area contributed by atoms with Gasteiger partial charge in [-0.2, -0.15) is 0 Å². The Hall–Kier alpha value is -1.05. The number of rotatable bonds is 1. The molecule has 5 aliphatic rings. The minimum atomic E-state index is -2.52. The minimum Gasteiger partial charge on any atom is -0.393 e. The summed E-state index contributed by atoms with van der Waals surface area (Å²) in [6.45, 7) is -0.857. The molecule has 0 aromatic carbocycles. The summed E-state index contributed by atoms with van der Waals surface area (Å²) in [5.41, 5.74) is 1.74. The highest BCUT2D eigenvalue weighted by Gasteiger charge is 2.82. The Morgan fingerprint density at radius 3 is 2.45 bits per heavy atom. The third-order valence-corrected chi connectivity index (χ3v) is 5.22. The fourth-order valence-electron chi connectivity index (χ4n) is 4.24. The van der Waals surface area contributed by atoms with Gasteiger partial charge in [-0.15, -0.1) is 0 Å². The topological polar surface area (TPSA) is 190 Å². The molecule has 22 heavy (non-hydrogen) atoms. The van der Waals surface area contributed by atoms with Crippen LogP contribution in [0.5, 0.6) is 0 Å². The van der Waals surface area contributed by atoms with Gasteiger partial charge in [-0.1, -0.05) is 0 Å². The van der Waals surface area contributed by atoms with Gasteiger partial charge in [-0.3, -0.25) is 0 Å². The second-order valence-electron chi connectivity index (χ2n) is 6.22. The molecule has 4 fully saturated rings. The second-order valence-corrected chi connectivity index (χ2v) is 6.22. The van der Waals surface area contributed by atoms with Crippen LogP contribution in [0.3, 0.4) is 0 Å². The highest BCUT2D eigenvalue weighted by molar-refractivity contribution is 5.80. The SMILES string of the molecule is NC1=NC(O)C2C3OC4(O)OC(C(O)C2(N1)[C@@H]4O)[C@]3(O)CO. The third kappa shape index (κ3) is 1.28. The van der Waals surface area contributed by atoms with Gasteiger partial charge in [0.15, 0.2) is 18.3 Å². The van der Waals surface area contributed by atoms with Gasteiger partial charge in [0.25, 0.3) is 0 Å². The molecule has 124 valence electrons. The van der Waals surface area contributed by atoms with E-state index in [1.807, 2.05) is 0 Å². The molecule has 0 aromatic rings. The van der Waals surface area contributed by atoms with Gasteiger partial charge in [-0.05, 0) is 0 Å². The summed E-state index contributed by atoms with van der Waals surface area (Å²) in [7, 11) is 0. The van der Waals surface area contributed by atoms with Crippen LogP contribution >= 0.6 is 0 Å². The Balaban J connectivity index is 1.95. The molecular weight excluding hydrogens is 302 g/mol. The molecule has 9 N–H and O–H groups in total. The van der Waals surface area contributed by atoms with E-state index >= 15 is 0 Å². The molecule has 1 saturated carbocycles. The fraction of sp³-hybridized carbons (Fsp3) is 0.909. The number of hydrogen-bond acceptors (Lipinski definition) is 11. The Morgan fingerprint density at radius 1 is 1.18 bits per heavy atom. The lowest BCUT2D eigenvalue weighted by Crippen LogP contribution is -2.95. The van der Waals surface area contributed by atoms with Gasteiger partial charge >= 0.3 is 5.97 Å². The zero-order valence-electron chi connectivity index (χ0n) is 11.2. The van der Waals surface area contributed by atoms with Crippen molar-refractivity contribution in [2.24, 2.45) is 16.6 Å². The molecule has 0 aromatic heterocycles. The van der Waals surface area contributed by atoms with Crippen molar-refractivity contribution >= 4 is 5.96 Å². The van der Waals surface area contributed by atoms with Gasteiger partial charge in [0.05, 0.1) is 12.5 Å². The van der Waals surface area contributed by atoms with Crippen molar-refractivity contribution in [3.05, 3.63) is 0 Å². The number of nitrogens with one attached hydrogen (secondary N) is 1. The summed E-state index contributed by atoms with van der Waals surface area (Å²) in [4.78, 5) is 3.70. The number of aliphatic hydroxyl groups excluding tert-OH is 4. The summed E-state index contributed by atoms with van der Waals surface area (Å²) in [5, 5.41) is 64.3. The average Bonchev–Trinajstić information content (AvgIpc) is 2.45. The van der Waals surface area contributed by atoms with E-state index in [1.165, 1.54) is 0 Å². The van der Waals surface area contributed by atoms with Gasteiger partial charge < -0.3 is 51.2 Å². The predicted molar refractivity (Wildman–Crippen MR) is 65.7 cm³/mol. The number of nitrogens with two attached hydrogens (primary N) is 1. The van der Waals surface area contributed by atoms with E-state index in [1.54, 1.807) is 0 Å². The third-order valence-electron chi connectivity index (χ3n) is 5.22. The van der Waals surface area contributed by atoms with E-state index in [0.717, 1.165) is 0 Å². The van der Waals surface area contributed by atoms with Crippen molar-refractivity contribution in [1.29, 1.82) is 0 Å². The fourth-order valence-corrected chi connectivity index (χ4v) is 4.24. The molecule has 4 bridgehead atoms. The molecule has 11 nitrogen and oxygen atoms in total. The minimum absolute atomic E-state index is 0.250. The number of aliphatic imine (C=N–C) groups is 1. The Labute approximate surface area is 123 Å². The van der Waals surface area contributed by atoms with Crippen LogP contribution in [0.4, 0.5) is 0 Å². The van der Waals surface area contributed by atoms with Crippen LogP contribution in [-0.2, 0) is 9.47 Å². The standard InChI is InChI=1S/C11H17N3O8/c12-8-13-6(17)2-4-9(19,1-15)5-3(16)10(2,14-8)7(18)11(20,21-4)22-5/h2-7,15-20H,1H2,(H3,12,13,14)/t2?,3?,4?,5?,6?,7-,9-,10?,11?/m0/s1. The summed E-state index contributed by atoms with van der Waals surface area (Å²) in [6, 6.07) is 0. The molecule has 9 atom stereocenters. The van der Waals surface area contributed by atoms with Crippen LogP contribution in [-0.4, -0.2) is 91.0 Å². The molecule has 3 saturated heterocycles. The molecule has 5 rings (SSSR count). The molecule has 1 aliphatic carbocycles. The normalized spacial score (nSPS) is 62.4. The lowest BCUT2D eigenvalue weighted by molar-refractivity contribution is -0.548. The van der Waals surface area contributed by atoms with Crippen LogP contribution in [0, 0.1) is 5.92 Å². The van der Waals surface area contributed by atoms with Crippen molar-refractivity contribution in [1.82, 2.24) is 5.32 Å². The molecule has 0 amide bonds. The lowest BCUT2D eigenvalue weighted by atomic mass is 9.55. The van der Waals surface area contributed by atoms with Crippen LogP contribution in [0.25, 0.3) is 0 Å². The number of ether oxygens (including phenoxy) is 2. The van der Waals surface area contributed by atoms with E-state index < -0.39 is 60.3 Å². The average molecular weight is 319 g/mol. The first-order chi connectivity index (χ1) is 10.2. The quantitative estimate of drug-likeness (QED) is 0.231. The zero-order valence-corrected chi connectivity index (χ0v) is 11.2. The first-order valence-electron chi connectivity index (χ1n) is 6.77. The largest absolute Gasteiger partial charge is 0.393 e. The highest BCUT2D eigenvalue weighted by atomic mass is 16.9. The van der Waals surface area contributed by atoms with Crippen molar-refractivity contribution in [2.45, 2.75) is 47.8 Å². The summed E-state index contributed by atoms with van der Waals surface area (Å²) < 4.78 is 10.3. The van der Waals surface area contributed by atoms with Crippen molar-refractivity contribution in [3.63, 3.8) is 0 Å². The number of hydrogen-bond donors (Lipinski definition) is 8. The molecule has 1 spiro atoms. The zero-order chi connectivity index (χ0) is 16.1. The van der Waals surface area contributed by atoms with Gasteiger partial charge in [0, 0.05) is 0 Å². The molecular formula is C11H17N3O8. The number of nitrogens with zero attached hydrogens (tertiary/aromatic N) is 1. The molecule has 4 aliphatic heterocycles. The Bertz CT molecular complexity index is 561. The smallest absolute Gasteiger partial charge is 0.311 e. The first-order valence-corrected chi connectivity index (χ1v) is 6.77. The maximum absolute atomic E-state index is 10.6. The van der Waals surface area contributed by atoms with E-state index in [2.05, 4.69) is 10.3 Å². The summed E-state index contributed by atoms with van der Waals surface area (Å²) in [6.07, 6.45) is -7.77. The molecule has 11 heteroatoms. The molecule has 7 unspecified atom stereocenters. The predicted octanol–water partition coefficient (Wildman–Crippen LogP) is -5.52. The Kier molecular flexibility index (Phi) is 2.57. The van der Waals surface area contributed by atoms with E-state index in [-0.39, 0.29) is 5.96 Å².